The highest BCUT2D eigenvalue weighted by Crippen LogP contribution is 2.45. The maximum absolute atomic E-state index is 14.1. The van der Waals surface area contributed by atoms with Crippen LogP contribution in [-0.2, 0) is 31.0 Å². The zero-order valence-corrected chi connectivity index (χ0v) is 29.9. The molecule has 0 amide bonds. The number of allylic oxidation sites excluding steroid dienone is 3. The molecular weight excluding hydrogens is 681 g/mol. The van der Waals surface area contributed by atoms with E-state index in [1.807, 2.05) is 103 Å². The highest BCUT2D eigenvalue weighted by Gasteiger charge is 2.41. The summed E-state index contributed by atoms with van der Waals surface area (Å²) in [6, 6.07) is 50.8. The molecule has 0 saturated heterocycles. The Labute approximate surface area is 311 Å². The Bertz CT molecular complexity index is 2250. The number of hydrogen-bond acceptors (Lipinski definition) is 6. The molecule has 0 radical (unpaired) electrons. The molecule has 0 fully saturated rings. The van der Waals surface area contributed by atoms with E-state index in [9.17, 15) is 9.90 Å². The van der Waals surface area contributed by atoms with E-state index < -0.39 is 0 Å². The standard InChI is InChI=1S/C44H34N4O2S2/c49-40-37(36-26-45-43(51-36)47(27-31-16-6-1-7-17-31)28-32-18-8-2-9-19-32)41(50)38(40)42-39(35-24-14-5-15-25-35)46-44(52-42)48(29-33-20-10-3-11-21-33)30-34-22-12-4-13-23-34/h1-26H,27-30H2. The quantitative estimate of drug-likeness (QED) is 0.0999. The number of Topliss-reactive ketones (excluding diaryl/α,β-unsaturated/α-hetero) is 1. The number of nitrogens with zero attached hydrogens (tertiary/aromatic N) is 4. The lowest BCUT2D eigenvalue weighted by Crippen LogP contribution is -2.30. The minimum atomic E-state index is -0.261. The lowest BCUT2D eigenvalue weighted by atomic mass is 9.85. The number of carbonyl (C=O) groups excluding carboxylic acids is 1. The average Bonchev–Trinajstić information content (AvgIpc) is 3.85. The van der Waals surface area contributed by atoms with Crippen molar-refractivity contribution in [3.63, 3.8) is 0 Å². The molecule has 5 aromatic carbocycles. The molecule has 6 nitrogen and oxygen atoms in total. The molecule has 0 bridgehead atoms. The summed E-state index contributed by atoms with van der Waals surface area (Å²) >= 11 is 2.79. The van der Waals surface area contributed by atoms with E-state index in [0.29, 0.717) is 41.7 Å². The first kappa shape index (κ1) is 33.3. The number of amidine groups is 1. The van der Waals surface area contributed by atoms with Crippen LogP contribution in [0.4, 0.5) is 5.13 Å². The van der Waals surface area contributed by atoms with Crippen molar-refractivity contribution in [3.8, 4) is 0 Å². The monoisotopic (exact) mass is 714 g/mol. The summed E-state index contributed by atoms with van der Waals surface area (Å²) in [5, 5.41) is 15.6. The van der Waals surface area contributed by atoms with Crippen molar-refractivity contribution in [1.29, 1.82) is 0 Å². The van der Waals surface area contributed by atoms with E-state index in [4.69, 9.17) is 9.98 Å². The minimum absolute atomic E-state index is 0.192. The number of thioether (sulfide) groups is 1. The van der Waals surface area contributed by atoms with Crippen LogP contribution in [0.3, 0.4) is 0 Å². The molecule has 0 unspecified atom stereocenters. The molecule has 254 valence electrons. The van der Waals surface area contributed by atoms with Crippen molar-refractivity contribution in [2.24, 2.45) is 4.99 Å². The second kappa shape index (κ2) is 15.2. The highest BCUT2D eigenvalue weighted by atomic mass is 32.2. The third kappa shape index (κ3) is 7.17. The molecule has 0 saturated carbocycles. The van der Waals surface area contributed by atoms with E-state index in [2.05, 4.69) is 58.0 Å². The van der Waals surface area contributed by atoms with Gasteiger partial charge in [-0.05, 0) is 27.2 Å². The van der Waals surface area contributed by atoms with Gasteiger partial charge in [-0.15, -0.1) is 0 Å². The second-order valence-corrected chi connectivity index (χ2v) is 14.6. The van der Waals surface area contributed by atoms with Crippen molar-refractivity contribution in [1.82, 2.24) is 4.98 Å². The molecule has 8 heteroatoms. The Morgan fingerprint density at radius 1 is 0.615 bits per heavy atom. The Kier molecular flexibility index (Phi) is 9.73. The van der Waals surface area contributed by atoms with Gasteiger partial charge in [-0.3, -0.25) is 4.79 Å². The molecule has 0 atom stereocenters. The predicted molar refractivity (Wildman–Crippen MR) is 210 cm³/mol. The van der Waals surface area contributed by atoms with Gasteiger partial charge in [-0.2, -0.15) is 0 Å². The fourth-order valence-corrected chi connectivity index (χ4v) is 8.43. The molecule has 1 aliphatic heterocycles. The van der Waals surface area contributed by atoms with Gasteiger partial charge in [0.05, 0.1) is 9.78 Å². The van der Waals surface area contributed by atoms with E-state index in [1.54, 1.807) is 6.20 Å². The van der Waals surface area contributed by atoms with Crippen molar-refractivity contribution in [2.75, 3.05) is 4.90 Å². The van der Waals surface area contributed by atoms with Crippen molar-refractivity contribution in [3.05, 3.63) is 207 Å². The first-order chi connectivity index (χ1) is 25.6. The van der Waals surface area contributed by atoms with Crippen LogP contribution in [-0.4, -0.2) is 26.2 Å². The third-order valence-corrected chi connectivity index (χ3v) is 11.2. The Morgan fingerprint density at radius 2 is 1.10 bits per heavy atom. The third-order valence-electron chi connectivity index (χ3n) is 8.94. The van der Waals surface area contributed by atoms with Gasteiger partial charge in [0.1, 0.15) is 13.1 Å². The molecular formula is C44H34N4O2S2. The first-order valence-corrected chi connectivity index (χ1v) is 18.8. The van der Waals surface area contributed by atoms with Crippen LogP contribution < -0.4 is 10.0 Å². The minimum Gasteiger partial charge on any atom is -0.871 e. The lowest BCUT2D eigenvalue weighted by Gasteiger charge is -2.30. The fourth-order valence-electron chi connectivity index (χ4n) is 6.35. The van der Waals surface area contributed by atoms with Crippen LogP contribution in [0.25, 0.3) is 5.57 Å². The number of aromatic nitrogens is 1. The largest absolute Gasteiger partial charge is 0.871 e. The molecule has 52 heavy (non-hydrogen) atoms. The molecule has 1 aromatic heterocycles. The van der Waals surface area contributed by atoms with Crippen LogP contribution in [0.5, 0.6) is 0 Å². The smallest absolute Gasteiger partial charge is 0.360 e. The summed E-state index contributed by atoms with van der Waals surface area (Å²) in [5.74, 6) is -0.522. The van der Waals surface area contributed by atoms with Gasteiger partial charge in [0, 0.05) is 47.8 Å². The Balaban J connectivity index is 1.16. The van der Waals surface area contributed by atoms with Gasteiger partial charge in [-0.1, -0.05) is 169 Å². The molecule has 1 aliphatic carbocycles. The summed E-state index contributed by atoms with van der Waals surface area (Å²) in [6.07, 6.45) is 1.67. The van der Waals surface area contributed by atoms with Crippen LogP contribution in [0.15, 0.2) is 179 Å². The van der Waals surface area contributed by atoms with Crippen LogP contribution >= 0.6 is 23.1 Å². The molecule has 2 aliphatic rings. The van der Waals surface area contributed by atoms with Crippen LogP contribution in [0.2, 0.25) is 0 Å². The Morgan fingerprint density at radius 3 is 1.60 bits per heavy atom. The zero-order chi connectivity index (χ0) is 35.3. The van der Waals surface area contributed by atoms with Crippen molar-refractivity contribution >= 4 is 50.5 Å². The number of thiazole rings is 1. The summed E-state index contributed by atoms with van der Waals surface area (Å²) in [7, 11) is 0. The average molecular weight is 715 g/mol. The predicted octanol–water partition coefficient (Wildman–Crippen LogP) is 8.26. The maximum Gasteiger partial charge on any atom is 0.360 e. The van der Waals surface area contributed by atoms with Crippen molar-refractivity contribution < 1.29 is 14.5 Å². The second-order valence-electron chi connectivity index (χ2n) is 12.6. The number of anilines is 1. The van der Waals surface area contributed by atoms with Gasteiger partial charge in [0.2, 0.25) is 0 Å². The van der Waals surface area contributed by atoms with Crippen molar-refractivity contribution in [2.45, 2.75) is 26.2 Å². The van der Waals surface area contributed by atoms with Gasteiger partial charge in [-0.25, -0.2) is 9.56 Å². The number of carbonyl (C=O) groups is 1. The summed E-state index contributed by atoms with van der Waals surface area (Å²) in [5.41, 5.74) is 6.47. The number of ketones is 1. The van der Waals surface area contributed by atoms with Crippen LogP contribution in [0.1, 0.15) is 32.7 Å². The summed E-state index contributed by atoms with van der Waals surface area (Å²) < 4.78 is 2.22. The Hall–Kier alpha value is -5.83. The lowest BCUT2D eigenvalue weighted by molar-refractivity contribution is -0.558. The van der Waals surface area contributed by atoms with E-state index in [0.717, 1.165) is 38.1 Å². The molecule has 2 heterocycles. The molecule has 0 spiro atoms. The highest BCUT2D eigenvalue weighted by molar-refractivity contribution is 8.18. The maximum atomic E-state index is 14.1. The number of hydrogen-bond donors (Lipinski definition) is 0. The van der Waals surface area contributed by atoms with Gasteiger partial charge >= 0.3 is 5.17 Å². The number of aliphatic imine (C=N–C) groups is 1. The normalized spacial score (nSPS) is 15.4. The molecule has 6 aromatic rings. The molecule has 0 N–H and O–H groups in total. The summed E-state index contributed by atoms with van der Waals surface area (Å²) in [6.45, 7) is 2.53. The van der Waals surface area contributed by atoms with Gasteiger partial charge in [0.15, 0.2) is 16.6 Å². The van der Waals surface area contributed by atoms with Gasteiger partial charge < -0.3 is 10.0 Å². The van der Waals surface area contributed by atoms with E-state index >= 15 is 0 Å². The first-order valence-electron chi connectivity index (χ1n) is 17.1. The van der Waals surface area contributed by atoms with Crippen LogP contribution in [0, 0.1) is 0 Å². The zero-order valence-electron chi connectivity index (χ0n) is 28.3. The van der Waals surface area contributed by atoms with E-state index in [1.165, 1.54) is 23.1 Å². The molecule has 8 rings (SSSR count). The summed E-state index contributed by atoms with van der Waals surface area (Å²) in [4.78, 5) is 27.4. The fraction of sp³-hybridized carbons (Fsp3) is 0.0909. The van der Waals surface area contributed by atoms with E-state index in [-0.39, 0.29) is 22.7 Å². The number of benzene rings is 5. The number of rotatable bonds is 11. The SMILES string of the molecule is O=C1C(c2cnc(N(Cc3ccccc3)Cc3ccccc3)s2)=C([O-])/C1=C1/SC(=[N+](Cc2ccccc2)Cc2ccccc2)N=C1c1ccccc1. The van der Waals surface area contributed by atoms with Gasteiger partial charge in [0.25, 0.3) is 0 Å². The topological polar surface area (TPSA) is 71.6 Å².